The molecular weight excluding hydrogens is 476 g/mol. The van der Waals surface area contributed by atoms with Crippen LogP contribution < -0.4 is 9.64 Å². The Bertz CT molecular complexity index is 1170. The van der Waals surface area contributed by atoms with Crippen molar-refractivity contribution in [3.8, 4) is 5.75 Å². The van der Waals surface area contributed by atoms with Gasteiger partial charge < -0.3 is 24.0 Å². The monoisotopic (exact) mass is 508 g/mol. The zero-order chi connectivity index (χ0) is 24.8. The molecule has 0 aliphatic carbocycles. The highest BCUT2D eigenvalue weighted by Crippen LogP contribution is 2.45. The van der Waals surface area contributed by atoms with Crippen molar-refractivity contribution < 1.29 is 19.0 Å². The van der Waals surface area contributed by atoms with Crippen LogP contribution in [0.5, 0.6) is 5.75 Å². The molecule has 4 aliphatic heterocycles. The number of hydrogen-bond donors (Lipinski definition) is 0. The number of rotatable bonds is 5. The normalized spacial score (nSPS) is 25.4. The predicted octanol–water partition coefficient (Wildman–Crippen LogP) is 3.33. The summed E-state index contributed by atoms with van der Waals surface area (Å²) in [5.41, 5.74) is 2.31. The van der Waals surface area contributed by atoms with Crippen molar-refractivity contribution in [1.82, 2.24) is 14.2 Å². The molecule has 1 amide bonds. The van der Waals surface area contributed by atoms with E-state index in [1.807, 2.05) is 29.4 Å². The van der Waals surface area contributed by atoms with Gasteiger partial charge in [-0.15, -0.1) is 0 Å². The number of carbonyl (C=O) groups is 1. The quantitative estimate of drug-likeness (QED) is 0.570. The molecule has 1 spiro atoms. The second-order valence-electron chi connectivity index (χ2n) is 10.2. The summed E-state index contributed by atoms with van der Waals surface area (Å²) in [5, 5.41) is 0. The number of piperazine rings is 1. The molecule has 3 saturated heterocycles. The van der Waals surface area contributed by atoms with Gasteiger partial charge in [0.05, 0.1) is 31.8 Å². The fourth-order valence-electron chi connectivity index (χ4n) is 5.82. The molecule has 190 valence electrons. The van der Waals surface area contributed by atoms with Crippen LogP contribution in [0.2, 0.25) is 0 Å². The Balaban J connectivity index is 1.18. The van der Waals surface area contributed by atoms with Crippen LogP contribution in [-0.2, 0) is 14.3 Å². The van der Waals surface area contributed by atoms with Gasteiger partial charge in [0.2, 0.25) is 5.91 Å². The average Bonchev–Trinajstić information content (AvgIpc) is 3.19. The van der Waals surface area contributed by atoms with Crippen molar-refractivity contribution >= 4 is 29.6 Å². The Kier molecular flexibility index (Phi) is 6.19. The number of hydrogen-bond acceptors (Lipinski definition) is 8. The van der Waals surface area contributed by atoms with E-state index in [2.05, 4.69) is 45.4 Å². The van der Waals surface area contributed by atoms with E-state index in [1.54, 1.807) is 19.1 Å². The molecule has 3 fully saturated rings. The molecule has 0 bridgehead atoms. The van der Waals surface area contributed by atoms with Crippen LogP contribution in [0.15, 0.2) is 47.6 Å². The third-order valence-corrected chi connectivity index (χ3v) is 8.54. The molecule has 4 aliphatic rings. The standard InChI is InChI=1S/C27H32N4O4S/c1-20-3-4-21-14-23(16-34-24(21)13-20)36-30-15-25(32)31-17-26(35-27(31,18-30)19-33-2)7-11-29(12-8-26)22-5-9-28-10-6-22/h3-6,9-10,13-14H,7-8,11-12,15-19H2,1-2H3. The number of ether oxygens (including phenoxy) is 3. The Morgan fingerprint density at radius 2 is 1.94 bits per heavy atom. The number of piperidine rings is 1. The number of nitrogens with zero attached hydrogens (tertiary/aromatic N) is 4. The fraction of sp³-hybridized carbons (Fsp3) is 0.481. The smallest absolute Gasteiger partial charge is 0.240 e. The zero-order valence-corrected chi connectivity index (χ0v) is 21.6. The third-order valence-electron chi connectivity index (χ3n) is 7.56. The molecule has 0 radical (unpaired) electrons. The van der Waals surface area contributed by atoms with Crippen molar-refractivity contribution in [3.05, 3.63) is 58.8 Å². The van der Waals surface area contributed by atoms with Crippen LogP contribution in [0.25, 0.3) is 6.08 Å². The van der Waals surface area contributed by atoms with Crippen molar-refractivity contribution in [1.29, 1.82) is 0 Å². The maximum atomic E-state index is 13.4. The molecule has 1 aromatic carbocycles. The number of aryl methyl sites for hydroxylation is 1. The minimum Gasteiger partial charge on any atom is -0.488 e. The summed E-state index contributed by atoms with van der Waals surface area (Å²) in [7, 11) is 1.68. The number of amides is 1. The molecule has 0 N–H and O–H groups in total. The van der Waals surface area contributed by atoms with Crippen molar-refractivity contribution in [2.45, 2.75) is 31.1 Å². The van der Waals surface area contributed by atoms with E-state index in [0.29, 0.717) is 32.8 Å². The molecule has 1 aromatic heterocycles. The molecular formula is C27H32N4O4S. The van der Waals surface area contributed by atoms with E-state index in [4.69, 9.17) is 14.2 Å². The molecule has 1 unspecified atom stereocenters. The topological polar surface area (TPSA) is 67.4 Å². The Hall–Kier alpha value is -2.59. The van der Waals surface area contributed by atoms with Crippen LogP contribution in [0, 0.1) is 6.92 Å². The molecule has 9 heteroatoms. The van der Waals surface area contributed by atoms with Gasteiger partial charge in [0, 0.05) is 48.7 Å². The molecule has 2 aromatic rings. The third kappa shape index (κ3) is 4.38. The van der Waals surface area contributed by atoms with Gasteiger partial charge in [0.1, 0.15) is 12.4 Å². The highest BCUT2D eigenvalue weighted by molar-refractivity contribution is 8.01. The van der Waals surface area contributed by atoms with Gasteiger partial charge in [0.25, 0.3) is 0 Å². The minimum absolute atomic E-state index is 0.0904. The highest BCUT2D eigenvalue weighted by atomic mass is 32.2. The number of pyridine rings is 1. The van der Waals surface area contributed by atoms with Gasteiger partial charge >= 0.3 is 0 Å². The lowest BCUT2D eigenvalue weighted by Crippen LogP contribution is -2.63. The first-order valence-corrected chi connectivity index (χ1v) is 13.3. The molecule has 8 nitrogen and oxygen atoms in total. The van der Waals surface area contributed by atoms with E-state index in [0.717, 1.165) is 42.1 Å². The molecule has 0 saturated carbocycles. The molecule has 36 heavy (non-hydrogen) atoms. The van der Waals surface area contributed by atoms with Crippen LogP contribution in [-0.4, -0.2) is 84.5 Å². The lowest BCUT2D eigenvalue weighted by molar-refractivity contribution is -0.193. The van der Waals surface area contributed by atoms with Crippen LogP contribution in [0.1, 0.15) is 24.0 Å². The van der Waals surface area contributed by atoms with Gasteiger partial charge in [-0.25, -0.2) is 4.31 Å². The second kappa shape index (κ2) is 9.37. The lowest BCUT2D eigenvalue weighted by Gasteiger charge is -2.45. The van der Waals surface area contributed by atoms with E-state index >= 15 is 0 Å². The summed E-state index contributed by atoms with van der Waals surface area (Å²) in [5.74, 6) is 1.00. The van der Waals surface area contributed by atoms with E-state index in [-0.39, 0.29) is 11.5 Å². The number of methoxy groups -OCH3 is 1. The summed E-state index contributed by atoms with van der Waals surface area (Å²) in [6, 6.07) is 10.3. The minimum atomic E-state index is -0.777. The van der Waals surface area contributed by atoms with Gasteiger partial charge in [-0.05, 0) is 61.6 Å². The number of benzene rings is 1. The fourth-order valence-corrected chi connectivity index (χ4v) is 6.89. The molecule has 1 atom stereocenters. The van der Waals surface area contributed by atoms with Crippen molar-refractivity contribution in [2.75, 3.05) is 57.9 Å². The first-order valence-electron chi connectivity index (χ1n) is 12.5. The Labute approximate surface area is 216 Å². The summed E-state index contributed by atoms with van der Waals surface area (Å²) in [6.07, 6.45) is 7.56. The Morgan fingerprint density at radius 3 is 2.72 bits per heavy atom. The van der Waals surface area contributed by atoms with Gasteiger partial charge in [-0.3, -0.25) is 9.78 Å². The molecule has 5 heterocycles. The zero-order valence-electron chi connectivity index (χ0n) is 20.8. The number of carbonyl (C=O) groups excluding carboxylic acids is 1. The number of fused-ring (bicyclic) bond motifs is 2. The van der Waals surface area contributed by atoms with Gasteiger partial charge in [-0.2, -0.15) is 0 Å². The summed E-state index contributed by atoms with van der Waals surface area (Å²) < 4.78 is 20.7. The first kappa shape index (κ1) is 23.8. The van der Waals surface area contributed by atoms with E-state index in [9.17, 15) is 4.79 Å². The summed E-state index contributed by atoms with van der Waals surface area (Å²) in [6.45, 7) is 6.24. The maximum absolute atomic E-state index is 13.4. The number of anilines is 1. The van der Waals surface area contributed by atoms with Crippen molar-refractivity contribution in [2.24, 2.45) is 0 Å². The van der Waals surface area contributed by atoms with Crippen LogP contribution in [0.3, 0.4) is 0 Å². The van der Waals surface area contributed by atoms with Crippen LogP contribution in [0.4, 0.5) is 5.69 Å². The maximum Gasteiger partial charge on any atom is 0.240 e. The predicted molar refractivity (Wildman–Crippen MR) is 140 cm³/mol. The molecule has 6 rings (SSSR count). The summed E-state index contributed by atoms with van der Waals surface area (Å²) >= 11 is 1.59. The summed E-state index contributed by atoms with van der Waals surface area (Å²) in [4.78, 5) is 23.0. The first-order chi connectivity index (χ1) is 17.5. The largest absolute Gasteiger partial charge is 0.488 e. The second-order valence-corrected chi connectivity index (χ2v) is 11.4. The van der Waals surface area contributed by atoms with Crippen LogP contribution >= 0.6 is 11.9 Å². The average molecular weight is 509 g/mol. The van der Waals surface area contributed by atoms with Crippen molar-refractivity contribution in [3.63, 3.8) is 0 Å². The van der Waals surface area contributed by atoms with Gasteiger partial charge in [-0.1, -0.05) is 12.1 Å². The number of aromatic nitrogens is 1. The van der Waals surface area contributed by atoms with E-state index in [1.165, 1.54) is 11.3 Å². The van der Waals surface area contributed by atoms with E-state index < -0.39 is 5.72 Å². The lowest BCUT2D eigenvalue weighted by atomic mass is 9.91. The SMILES string of the molecule is COCC12CN(SC3=Cc4ccc(C)cc4OC3)CC(=O)N1CC1(CCN(c3ccncc3)CC1)O2. The highest BCUT2D eigenvalue weighted by Gasteiger charge is 2.59. The Morgan fingerprint density at radius 1 is 1.14 bits per heavy atom. The van der Waals surface area contributed by atoms with Gasteiger partial charge in [0.15, 0.2) is 5.72 Å².